The summed E-state index contributed by atoms with van der Waals surface area (Å²) >= 11 is 1.71. The van der Waals surface area contributed by atoms with Gasteiger partial charge in [0.25, 0.3) is 5.91 Å². The molecule has 1 fully saturated rings. The molecule has 8 heteroatoms. The monoisotopic (exact) mass is 520 g/mol. The minimum absolute atomic E-state index is 0.00177. The van der Waals surface area contributed by atoms with Gasteiger partial charge < -0.3 is 24.0 Å². The number of benzene rings is 2. The van der Waals surface area contributed by atoms with E-state index in [9.17, 15) is 9.59 Å². The highest BCUT2D eigenvalue weighted by molar-refractivity contribution is 7.10. The molecule has 37 heavy (non-hydrogen) atoms. The maximum absolute atomic E-state index is 13.8. The Kier molecular flexibility index (Phi) is 8.06. The van der Waals surface area contributed by atoms with E-state index in [-0.39, 0.29) is 30.5 Å². The normalized spacial score (nSPS) is 18.8. The van der Waals surface area contributed by atoms with Gasteiger partial charge in [0.1, 0.15) is 13.2 Å². The zero-order valence-electron chi connectivity index (χ0n) is 21.0. The fourth-order valence-electron chi connectivity index (χ4n) is 5.05. The van der Waals surface area contributed by atoms with Crippen LogP contribution in [0.25, 0.3) is 0 Å². The number of hydrogen-bond donors (Lipinski definition) is 0. The van der Waals surface area contributed by atoms with Gasteiger partial charge in [-0.1, -0.05) is 30.3 Å². The summed E-state index contributed by atoms with van der Waals surface area (Å²) in [6, 6.07) is 18.5. The van der Waals surface area contributed by atoms with Crippen molar-refractivity contribution < 1.29 is 23.8 Å². The molecule has 0 spiro atoms. The van der Waals surface area contributed by atoms with Gasteiger partial charge in [0.15, 0.2) is 11.5 Å². The number of fused-ring (bicyclic) bond motifs is 1. The maximum Gasteiger partial charge on any atom is 0.254 e. The summed E-state index contributed by atoms with van der Waals surface area (Å²) < 4.78 is 17.4. The average Bonchev–Trinajstić information content (AvgIpc) is 3.64. The number of carbonyl (C=O) groups is 2. The van der Waals surface area contributed by atoms with E-state index in [0.717, 1.165) is 24.8 Å². The zero-order chi connectivity index (χ0) is 25.6. The summed E-state index contributed by atoms with van der Waals surface area (Å²) in [5.74, 6) is 1.05. The third-order valence-corrected chi connectivity index (χ3v) is 7.96. The molecular formula is C29H32N2O5S. The lowest BCUT2D eigenvalue weighted by atomic mass is 10.00. The largest absolute Gasteiger partial charge is 0.493 e. The Morgan fingerprint density at radius 2 is 1.86 bits per heavy atom. The van der Waals surface area contributed by atoms with Crippen molar-refractivity contribution in [1.82, 2.24) is 9.80 Å². The third kappa shape index (κ3) is 5.81. The lowest BCUT2D eigenvalue weighted by molar-refractivity contribution is -0.135. The van der Waals surface area contributed by atoms with Crippen molar-refractivity contribution in [3.05, 3.63) is 82.0 Å². The van der Waals surface area contributed by atoms with Gasteiger partial charge in [-0.15, -0.1) is 11.3 Å². The quantitative estimate of drug-likeness (QED) is 0.413. The Morgan fingerprint density at radius 3 is 2.62 bits per heavy atom. The number of carbonyl (C=O) groups excluding carboxylic acids is 2. The van der Waals surface area contributed by atoms with Crippen LogP contribution in [0.2, 0.25) is 0 Å². The number of nitrogens with zero attached hydrogens (tertiary/aromatic N) is 2. The summed E-state index contributed by atoms with van der Waals surface area (Å²) in [6.45, 7) is 1.98. The fourth-order valence-corrected chi connectivity index (χ4v) is 5.98. The molecule has 0 radical (unpaired) electrons. The molecule has 5 rings (SSSR count). The number of para-hydroxylation sites is 2. The zero-order valence-corrected chi connectivity index (χ0v) is 21.8. The van der Waals surface area contributed by atoms with Crippen LogP contribution in [0.4, 0.5) is 0 Å². The van der Waals surface area contributed by atoms with Crippen molar-refractivity contribution >= 4 is 23.2 Å². The maximum atomic E-state index is 13.8. The highest BCUT2D eigenvalue weighted by Crippen LogP contribution is 2.35. The molecule has 2 atom stereocenters. The lowest BCUT2D eigenvalue weighted by Gasteiger charge is -2.37. The average molecular weight is 521 g/mol. The first-order chi connectivity index (χ1) is 18.1. The van der Waals surface area contributed by atoms with Crippen LogP contribution in [0, 0.1) is 0 Å². The molecule has 0 unspecified atom stereocenters. The first kappa shape index (κ1) is 25.3. The van der Waals surface area contributed by atoms with E-state index in [0.29, 0.717) is 43.4 Å². The molecule has 2 aliphatic heterocycles. The number of methoxy groups -OCH3 is 1. The molecule has 3 aromatic rings. The predicted octanol–water partition coefficient (Wildman–Crippen LogP) is 4.58. The fraction of sp³-hybridized carbons (Fsp3) is 0.379. The highest BCUT2D eigenvalue weighted by Gasteiger charge is 2.34. The molecule has 7 nitrogen and oxygen atoms in total. The first-order valence-corrected chi connectivity index (χ1v) is 13.6. The van der Waals surface area contributed by atoms with Crippen LogP contribution in [0.5, 0.6) is 11.5 Å². The minimum Gasteiger partial charge on any atom is -0.493 e. The van der Waals surface area contributed by atoms with Gasteiger partial charge in [-0.25, -0.2) is 0 Å². The number of thiophene rings is 1. The van der Waals surface area contributed by atoms with E-state index < -0.39 is 0 Å². The van der Waals surface area contributed by atoms with Crippen LogP contribution in [0.15, 0.2) is 66.0 Å². The van der Waals surface area contributed by atoms with E-state index in [4.69, 9.17) is 14.2 Å². The van der Waals surface area contributed by atoms with E-state index in [1.807, 2.05) is 47.4 Å². The molecule has 0 saturated carbocycles. The van der Waals surface area contributed by atoms with Crippen LogP contribution in [-0.2, 0) is 16.0 Å². The SMILES string of the molecule is COc1ccccc1OC[C@H]1c2ccsc2CCN1C(=O)CN(C[C@@H]1CCCO1)C(=O)c1ccccc1. The smallest absolute Gasteiger partial charge is 0.254 e. The molecule has 1 saturated heterocycles. The topological polar surface area (TPSA) is 68.3 Å². The molecule has 0 N–H and O–H groups in total. The number of hydrogen-bond acceptors (Lipinski definition) is 6. The Labute approximate surface area is 221 Å². The van der Waals surface area contributed by atoms with Crippen molar-refractivity contribution in [1.29, 1.82) is 0 Å². The van der Waals surface area contributed by atoms with Gasteiger partial charge >= 0.3 is 0 Å². The Hall–Kier alpha value is -3.36. The van der Waals surface area contributed by atoms with Crippen molar-refractivity contribution in [2.75, 3.05) is 40.0 Å². The van der Waals surface area contributed by atoms with Gasteiger partial charge in [-0.05, 0) is 60.5 Å². The second kappa shape index (κ2) is 11.8. The molecule has 2 amide bonds. The molecule has 3 heterocycles. The minimum atomic E-state index is -0.246. The Balaban J connectivity index is 1.35. The van der Waals surface area contributed by atoms with Crippen molar-refractivity contribution in [3.63, 3.8) is 0 Å². The van der Waals surface area contributed by atoms with Crippen molar-refractivity contribution in [2.24, 2.45) is 0 Å². The van der Waals surface area contributed by atoms with Crippen LogP contribution in [0.3, 0.4) is 0 Å². The lowest BCUT2D eigenvalue weighted by Crippen LogP contribution is -2.49. The van der Waals surface area contributed by atoms with E-state index in [1.54, 1.807) is 35.5 Å². The van der Waals surface area contributed by atoms with E-state index in [1.165, 1.54) is 4.88 Å². The van der Waals surface area contributed by atoms with Crippen LogP contribution in [0.1, 0.15) is 39.7 Å². The van der Waals surface area contributed by atoms with Crippen LogP contribution < -0.4 is 9.47 Å². The second-order valence-electron chi connectivity index (χ2n) is 9.30. The Morgan fingerprint density at radius 1 is 1.08 bits per heavy atom. The predicted molar refractivity (Wildman–Crippen MR) is 142 cm³/mol. The molecule has 2 aromatic carbocycles. The highest BCUT2D eigenvalue weighted by atomic mass is 32.1. The molecule has 0 aliphatic carbocycles. The van der Waals surface area contributed by atoms with Gasteiger partial charge in [0.05, 0.1) is 19.3 Å². The molecule has 1 aromatic heterocycles. The summed E-state index contributed by atoms with van der Waals surface area (Å²) in [5, 5.41) is 2.07. The third-order valence-electron chi connectivity index (χ3n) is 6.96. The van der Waals surface area contributed by atoms with Crippen LogP contribution in [-0.4, -0.2) is 67.7 Å². The van der Waals surface area contributed by atoms with E-state index >= 15 is 0 Å². The standard InChI is InChI=1S/C29H32N2O5S/c1-34-25-11-5-6-12-26(25)36-20-24-23-14-17-37-27(23)13-15-31(24)28(32)19-30(18-22-10-7-16-35-22)29(33)21-8-3-2-4-9-21/h2-6,8-9,11-12,14,17,22,24H,7,10,13,15-16,18-20H2,1H3/t22-,24-/m0/s1. The van der Waals surface area contributed by atoms with Crippen LogP contribution >= 0.6 is 11.3 Å². The summed E-state index contributed by atoms with van der Waals surface area (Å²) in [5.41, 5.74) is 1.68. The molecule has 2 aliphatic rings. The summed E-state index contributed by atoms with van der Waals surface area (Å²) in [4.78, 5) is 32.0. The molecular weight excluding hydrogens is 488 g/mol. The molecule has 0 bridgehead atoms. The van der Waals surface area contributed by atoms with Gasteiger partial charge in [0, 0.05) is 30.1 Å². The van der Waals surface area contributed by atoms with Gasteiger partial charge in [-0.3, -0.25) is 9.59 Å². The Bertz CT molecular complexity index is 1210. The second-order valence-corrected chi connectivity index (χ2v) is 10.3. The first-order valence-electron chi connectivity index (χ1n) is 12.7. The number of ether oxygens (including phenoxy) is 3. The number of amides is 2. The van der Waals surface area contributed by atoms with E-state index in [2.05, 4.69) is 11.4 Å². The summed E-state index contributed by atoms with van der Waals surface area (Å²) in [7, 11) is 1.61. The van der Waals surface area contributed by atoms with Crippen molar-refractivity contribution in [2.45, 2.75) is 31.4 Å². The number of rotatable bonds is 9. The van der Waals surface area contributed by atoms with Crippen molar-refractivity contribution in [3.8, 4) is 11.5 Å². The van der Waals surface area contributed by atoms with Gasteiger partial charge in [0.2, 0.25) is 5.91 Å². The molecule has 194 valence electrons. The summed E-state index contributed by atoms with van der Waals surface area (Å²) in [6.07, 6.45) is 2.61. The van der Waals surface area contributed by atoms with Gasteiger partial charge in [-0.2, -0.15) is 0 Å².